The first kappa shape index (κ1) is 13.7. The lowest BCUT2D eigenvalue weighted by Crippen LogP contribution is -2.34. The van der Waals surface area contributed by atoms with Gasteiger partial charge >= 0.3 is 0 Å². The van der Waals surface area contributed by atoms with Crippen molar-refractivity contribution in [1.82, 2.24) is 0 Å². The topological polar surface area (TPSA) is 46.6 Å². The Balaban J connectivity index is 1.64. The van der Waals surface area contributed by atoms with E-state index in [1.165, 1.54) is 10.5 Å². The molecule has 4 heteroatoms. The van der Waals surface area contributed by atoms with Crippen molar-refractivity contribution in [2.24, 2.45) is 11.8 Å². The Hall–Kier alpha value is -1.94. The van der Waals surface area contributed by atoms with Gasteiger partial charge in [-0.1, -0.05) is 38.1 Å². The highest BCUT2D eigenvalue weighted by molar-refractivity contribution is 6.23. The second-order valence-corrected chi connectivity index (χ2v) is 6.41. The first-order valence-corrected chi connectivity index (χ1v) is 7.93. The molecule has 4 rings (SSSR count). The molecule has 0 aromatic heterocycles. The van der Waals surface area contributed by atoms with Crippen molar-refractivity contribution in [2.75, 3.05) is 4.90 Å². The van der Waals surface area contributed by atoms with E-state index in [1.54, 1.807) is 0 Å². The van der Waals surface area contributed by atoms with Crippen molar-refractivity contribution in [3.05, 3.63) is 42.0 Å². The Labute approximate surface area is 129 Å². The number of fused-ring (bicyclic) bond motifs is 5. The molecule has 114 valence electrons. The SMILES string of the molecule is CCC(C)c1ccc(N2C(=O)C3C4C=CC(O4)C3C2=O)cc1. The molecule has 22 heavy (non-hydrogen) atoms. The van der Waals surface area contributed by atoms with E-state index < -0.39 is 0 Å². The highest BCUT2D eigenvalue weighted by atomic mass is 16.5. The van der Waals surface area contributed by atoms with Gasteiger partial charge in [0.05, 0.1) is 29.7 Å². The number of imide groups is 1. The Morgan fingerprint density at radius 3 is 2.09 bits per heavy atom. The Bertz CT molecular complexity index is 633. The van der Waals surface area contributed by atoms with Gasteiger partial charge in [-0.05, 0) is 30.0 Å². The molecule has 5 unspecified atom stereocenters. The third kappa shape index (κ3) is 1.73. The molecular weight excluding hydrogens is 278 g/mol. The van der Waals surface area contributed by atoms with E-state index in [1.807, 2.05) is 36.4 Å². The van der Waals surface area contributed by atoms with Gasteiger partial charge in [0, 0.05) is 0 Å². The minimum atomic E-state index is -0.336. The van der Waals surface area contributed by atoms with Crippen molar-refractivity contribution in [2.45, 2.75) is 38.4 Å². The zero-order valence-corrected chi connectivity index (χ0v) is 12.7. The lowest BCUT2D eigenvalue weighted by Gasteiger charge is -2.18. The van der Waals surface area contributed by atoms with E-state index in [0.29, 0.717) is 11.6 Å². The quantitative estimate of drug-likeness (QED) is 0.636. The number of anilines is 1. The number of rotatable bonds is 3. The molecule has 3 aliphatic rings. The van der Waals surface area contributed by atoms with Gasteiger partial charge in [0.15, 0.2) is 0 Å². The third-order valence-electron chi connectivity index (χ3n) is 5.24. The van der Waals surface area contributed by atoms with Crippen LogP contribution in [0, 0.1) is 11.8 Å². The average Bonchev–Trinajstić information content (AvgIpc) is 3.21. The molecule has 1 aromatic carbocycles. The lowest BCUT2D eigenvalue weighted by atomic mass is 9.85. The smallest absolute Gasteiger partial charge is 0.240 e. The number of amides is 2. The maximum Gasteiger partial charge on any atom is 0.240 e. The van der Waals surface area contributed by atoms with Crippen LogP contribution in [-0.4, -0.2) is 24.0 Å². The fourth-order valence-corrected chi connectivity index (χ4v) is 3.75. The third-order valence-corrected chi connectivity index (χ3v) is 5.24. The summed E-state index contributed by atoms with van der Waals surface area (Å²) < 4.78 is 5.65. The van der Waals surface area contributed by atoms with Crippen LogP contribution in [-0.2, 0) is 14.3 Å². The molecular formula is C18H19NO3. The molecule has 3 aliphatic heterocycles. The molecule has 0 N–H and O–H groups in total. The first-order chi connectivity index (χ1) is 10.6. The van der Waals surface area contributed by atoms with Crippen molar-refractivity contribution >= 4 is 17.5 Å². The van der Waals surface area contributed by atoms with Crippen LogP contribution in [0.25, 0.3) is 0 Å². The van der Waals surface area contributed by atoms with E-state index in [-0.39, 0.29) is 35.9 Å². The second kappa shape index (κ2) is 4.78. The van der Waals surface area contributed by atoms with Gasteiger partial charge in [0.2, 0.25) is 11.8 Å². The van der Waals surface area contributed by atoms with Gasteiger partial charge in [0.1, 0.15) is 0 Å². The summed E-state index contributed by atoms with van der Waals surface area (Å²) in [5.74, 6) is -0.438. The zero-order chi connectivity index (χ0) is 15.4. The van der Waals surface area contributed by atoms with Gasteiger partial charge in [-0.25, -0.2) is 4.90 Å². The first-order valence-electron chi connectivity index (χ1n) is 7.93. The summed E-state index contributed by atoms with van der Waals surface area (Å²) in [6, 6.07) is 7.80. The number of hydrogen-bond donors (Lipinski definition) is 0. The molecule has 2 fully saturated rings. The van der Waals surface area contributed by atoms with Crippen molar-refractivity contribution in [3.63, 3.8) is 0 Å². The highest BCUT2D eigenvalue weighted by Gasteiger charge is 2.60. The number of carbonyl (C=O) groups excluding carboxylic acids is 2. The fraction of sp³-hybridized carbons (Fsp3) is 0.444. The summed E-state index contributed by atoms with van der Waals surface area (Å²) >= 11 is 0. The molecule has 2 saturated heterocycles. The fourth-order valence-electron chi connectivity index (χ4n) is 3.75. The summed E-state index contributed by atoms with van der Waals surface area (Å²) in [5.41, 5.74) is 1.91. The van der Waals surface area contributed by atoms with Gasteiger partial charge in [-0.3, -0.25) is 9.59 Å². The van der Waals surface area contributed by atoms with Crippen LogP contribution >= 0.6 is 0 Å². The Kier molecular flexibility index (Phi) is 2.98. The minimum absolute atomic E-state index is 0.122. The van der Waals surface area contributed by atoms with E-state index in [0.717, 1.165) is 6.42 Å². The largest absolute Gasteiger partial charge is 0.365 e. The van der Waals surface area contributed by atoms with E-state index in [2.05, 4.69) is 13.8 Å². The highest BCUT2D eigenvalue weighted by Crippen LogP contribution is 2.46. The van der Waals surface area contributed by atoms with Crippen LogP contribution in [0.15, 0.2) is 36.4 Å². The van der Waals surface area contributed by atoms with E-state index in [9.17, 15) is 9.59 Å². The van der Waals surface area contributed by atoms with Crippen molar-refractivity contribution < 1.29 is 14.3 Å². The summed E-state index contributed by atoms with van der Waals surface area (Å²) in [4.78, 5) is 26.7. The molecule has 3 heterocycles. The average molecular weight is 297 g/mol. The maximum atomic E-state index is 12.7. The van der Waals surface area contributed by atoms with Gasteiger partial charge in [-0.2, -0.15) is 0 Å². The predicted molar refractivity (Wildman–Crippen MR) is 82.4 cm³/mol. The van der Waals surface area contributed by atoms with Crippen LogP contribution in [0.1, 0.15) is 31.7 Å². The van der Waals surface area contributed by atoms with Crippen molar-refractivity contribution in [1.29, 1.82) is 0 Å². The standard InChI is InChI=1S/C18H19NO3/c1-3-10(2)11-4-6-12(7-5-11)19-17(20)15-13-8-9-14(22-13)16(15)18(19)21/h4-10,13-16H,3H2,1-2H3. The van der Waals surface area contributed by atoms with Crippen LogP contribution in [0.3, 0.4) is 0 Å². The zero-order valence-electron chi connectivity index (χ0n) is 12.7. The molecule has 0 saturated carbocycles. The van der Waals surface area contributed by atoms with Crippen LogP contribution in [0.5, 0.6) is 0 Å². The number of benzene rings is 1. The number of nitrogens with zero attached hydrogens (tertiary/aromatic N) is 1. The Morgan fingerprint density at radius 1 is 1.05 bits per heavy atom. The lowest BCUT2D eigenvalue weighted by molar-refractivity contribution is -0.124. The van der Waals surface area contributed by atoms with E-state index in [4.69, 9.17) is 4.74 Å². The van der Waals surface area contributed by atoms with Crippen molar-refractivity contribution in [3.8, 4) is 0 Å². The molecule has 4 nitrogen and oxygen atoms in total. The van der Waals surface area contributed by atoms with Gasteiger partial charge in [-0.15, -0.1) is 0 Å². The normalized spacial score (nSPS) is 33.6. The number of carbonyl (C=O) groups is 2. The van der Waals surface area contributed by atoms with Crippen LogP contribution in [0.4, 0.5) is 5.69 Å². The molecule has 2 bridgehead atoms. The number of hydrogen-bond acceptors (Lipinski definition) is 3. The summed E-state index contributed by atoms with van der Waals surface area (Å²) in [6.07, 6.45) is 4.43. The Morgan fingerprint density at radius 2 is 1.59 bits per heavy atom. The maximum absolute atomic E-state index is 12.7. The van der Waals surface area contributed by atoms with E-state index >= 15 is 0 Å². The number of ether oxygens (including phenoxy) is 1. The molecule has 0 radical (unpaired) electrons. The predicted octanol–water partition coefficient (Wildman–Crippen LogP) is 2.64. The van der Waals surface area contributed by atoms with Crippen LogP contribution in [0.2, 0.25) is 0 Å². The monoisotopic (exact) mass is 297 g/mol. The van der Waals surface area contributed by atoms with Gasteiger partial charge < -0.3 is 4.74 Å². The molecule has 2 amide bonds. The summed E-state index contributed by atoms with van der Waals surface area (Å²) in [5, 5.41) is 0. The molecule has 5 atom stereocenters. The second-order valence-electron chi connectivity index (χ2n) is 6.41. The summed E-state index contributed by atoms with van der Waals surface area (Å²) in [7, 11) is 0. The minimum Gasteiger partial charge on any atom is -0.365 e. The van der Waals surface area contributed by atoms with Crippen LogP contribution < -0.4 is 4.90 Å². The molecule has 0 aliphatic carbocycles. The molecule has 0 spiro atoms. The summed E-state index contributed by atoms with van der Waals surface area (Å²) in [6.45, 7) is 4.32. The molecule has 1 aromatic rings. The van der Waals surface area contributed by atoms with Gasteiger partial charge in [0.25, 0.3) is 0 Å².